The van der Waals surface area contributed by atoms with Gasteiger partial charge in [-0.25, -0.2) is 12.7 Å². The Labute approximate surface area is 119 Å². The van der Waals surface area contributed by atoms with E-state index in [1.54, 1.807) is 6.20 Å². The average molecular weight is 297 g/mol. The summed E-state index contributed by atoms with van der Waals surface area (Å²) in [5.74, 6) is -0.383. The first-order chi connectivity index (χ1) is 9.47. The SMILES string of the molecule is CS(=O)(=O)N1CCC[C@@H](C(=O)NCc2ccccn2)C1. The zero-order valence-electron chi connectivity index (χ0n) is 11.4. The highest BCUT2D eigenvalue weighted by molar-refractivity contribution is 7.88. The van der Waals surface area contributed by atoms with E-state index in [4.69, 9.17) is 0 Å². The standard InChI is InChI=1S/C13H19N3O3S/c1-20(18,19)16-8-4-5-11(10-16)13(17)15-9-12-6-2-3-7-14-12/h2-3,6-7,11H,4-5,8-10H2,1H3,(H,15,17)/t11-/m1/s1. The maximum atomic E-state index is 12.1. The molecule has 1 aromatic rings. The molecule has 0 aliphatic carbocycles. The van der Waals surface area contributed by atoms with Crippen LogP contribution in [0.4, 0.5) is 0 Å². The summed E-state index contributed by atoms with van der Waals surface area (Å²) in [4.78, 5) is 16.2. The quantitative estimate of drug-likeness (QED) is 0.871. The normalized spacial score (nSPS) is 20.6. The van der Waals surface area contributed by atoms with Crippen LogP contribution in [0.2, 0.25) is 0 Å². The number of aromatic nitrogens is 1. The summed E-state index contributed by atoms with van der Waals surface area (Å²) in [6.45, 7) is 1.14. The van der Waals surface area contributed by atoms with E-state index in [9.17, 15) is 13.2 Å². The number of nitrogens with one attached hydrogen (secondary N) is 1. The van der Waals surface area contributed by atoms with Crippen molar-refractivity contribution in [3.05, 3.63) is 30.1 Å². The fourth-order valence-electron chi connectivity index (χ4n) is 2.28. The van der Waals surface area contributed by atoms with E-state index in [-0.39, 0.29) is 18.4 Å². The summed E-state index contributed by atoms with van der Waals surface area (Å²) in [5, 5.41) is 2.82. The van der Waals surface area contributed by atoms with Gasteiger partial charge in [-0.15, -0.1) is 0 Å². The van der Waals surface area contributed by atoms with Gasteiger partial charge >= 0.3 is 0 Å². The molecular weight excluding hydrogens is 278 g/mol. The Bertz CT molecular complexity index is 559. The summed E-state index contributed by atoms with van der Waals surface area (Å²) >= 11 is 0. The van der Waals surface area contributed by atoms with Crippen LogP contribution in [-0.2, 0) is 21.4 Å². The summed E-state index contributed by atoms with van der Waals surface area (Å²) in [7, 11) is -3.22. The summed E-state index contributed by atoms with van der Waals surface area (Å²) < 4.78 is 24.4. The Kier molecular flexibility index (Phi) is 4.72. The third kappa shape index (κ3) is 4.01. The van der Waals surface area contributed by atoms with Gasteiger partial charge in [-0.3, -0.25) is 9.78 Å². The second kappa shape index (κ2) is 6.32. The predicted octanol–water partition coefficient (Wildman–Crippen LogP) is 0.369. The number of nitrogens with zero attached hydrogens (tertiary/aromatic N) is 2. The second-order valence-electron chi connectivity index (χ2n) is 5.00. The van der Waals surface area contributed by atoms with Crippen molar-refractivity contribution in [1.29, 1.82) is 0 Å². The van der Waals surface area contributed by atoms with Crippen LogP contribution in [0.3, 0.4) is 0 Å². The summed E-state index contributed by atoms with van der Waals surface area (Å²) in [6, 6.07) is 5.51. The minimum Gasteiger partial charge on any atom is -0.350 e. The van der Waals surface area contributed by atoms with E-state index < -0.39 is 10.0 Å². The number of carbonyl (C=O) groups is 1. The van der Waals surface area contributed by atoms with Crippen LogP contribution >= 0.6 is 0 Å². The van der Waals surface area contributed by atoms with E-state index in [2.05, 4.69) is 10.3 Å². The highest BCUT2D eigenvalue weighted by Crippen LogP contribution is 2.18. The van der Waals surface area contributed by atoms with Gasteiger partial charge in [-0.2, -0.15) is 0 Å². The maximum absolute atomic E-state index is 12.1. The van der Waals surface area contributed by atoms with Crippen molar-refractivity contribution >= 4 is 15.9 Å². The lowest BCUT2D eigenvalue weighted by Gasteiger charge is -2.30. The molecule has 1 aromatic heterocycles. The number of sulfonamides is 1. The average Bonchev–Trinajstić information content (AvgIpc) is 2.45. The molecule has 110 valence electrons. The van der Waals surface area contributed by atoms with Crippen LogP contribution in [0.25, 0.3) is 0 Å². The molecule has 0 bridgehead atoms. The minimum atomic E-state index is -3.22. The highest BCUT2D eigenvalue weighted by atomic mass is 32.2. The molecule has 1 aliphatic heterocycles. The molecule has 7 heteroatoms. The smallest absolute Gasteiger partial charge is 0.224 e. The van der Waals surface area contributed by atoms with Crippen LogP contribution in [-0.4, -0.2) is 43.0 Å². The van der Waals surface area contributed by atoms with Gasteiger partial charge in [-0.1, -0.05) is 6.07 Å². The van der Waals surface area contributed by atoms with Crippen molar-refractivity contribution < 1.29 is 13.2 Å². The third-order valence-electron chi connectivity index (χ3n) is 3.39. The van der Waals surface area contributed by atoms with Gasteiger partial charge in [0.05, 0.1) is 24.4 Å². The number of pyridine rings is 1. The maximum Gasteiger partial charge on any atom is 0.224 e. The van der Waals surface area contributed by atoms with Gasteiger partial charge in [0, 0.05) is 19.3 Å². The van der Waals surface area contributed by atoms with Gasteiger partial charge in [0.15, 0.2) is 0 Å². The van der Waals surface area contributed by atoms with Crippen LogP contribution in [0.1, 0.15) is 18.5 Å². The molecular formula is C13H19N3O3S. The number of hydrogen-bond acceptors (Lipinski definition) is 4. The van der Waals surface area contributed by atoms with Crippen molar-refractivity contribution in [3.63, 3.8) is 0 Å². The van der Waals surface area contributed by atoms with E-state index in [0.717, 1.165) is 18.5 Å². The predicted molar refractivity (Wildman–Crippen MR) is 75.2 cm³/mol. The molecule has 1 N–H and O–H groups in total. The molecule has 0 aromatic carbocycles. The van der Waals surface area contributed by atoms with Gasteiger partial charge in [0.2, 0.25) is 15.9 Å². The lowest BCUT2D eigenvalue weighted by Crippen LogP contribution is -2.44. The molecule has 0 unspecified atom stereocenters. The zero-order chi connectivity index (χ0) is 14.6. The van der Waals surface area contributed by atoms with Crippen LogP contribution in [0.15, 0.2) is 24.4 Å². The van der Waals surface area contributed by atoms with E-state index >= 15 is 0 Å². The highest BCUT2D eigenvalue weighted by Gasteiger charge is 2.29. The molecule has 6 nitrogen and oxygen atoms in total. The Hall–Kier alpha value is -1.47. The number of hydrogen-bond donors (Lipinski definition) is 1. The van der Waals surface area contributed by atoms with Gasteiger partial charge in [-0.05, 0) is 25.0 Å². The van der Waals surface area contributed by atoms with Crippen LogP contribution < -0.4 is 5.32 Å². The fourth-order valence-corrected chi connectivity index (χ4v) is 3.19. The van der Waals surface area contributed by atoms with Crippen molar-refractivity contribution in [3.8, 4) is 0 Å². The van der Waals surface area contributed by atoms with Crippen molar-refractivity contribution in [2.75, 3.05) is 19.3 Å². The fraction of sp³-hybridized carbons (Fsp3) is 0.538. The topological polar surface area (TPSA) is 79.4 Å². The molecule has 1 fully saturated rings. The molecule has 0 saturated carbocycles. The number of rotatable bonds is 4. The van der Waals surface area contributed by atoms with E-state index in [0.29, 0.717) is 13.1 Å². The van der Waals surface area contributed by atoms with Crippen molar-refractivity contribution in [2.45, 2.75) is 19.4 Å². The lowest BCUT2D eigenvalue weighted by atomic mass is 9.99. The molecule has 1 saturated heterocycles. The first-order valence-corrected chi connectivity index (χ1v) is 8.44. The number of amides is 1. The third-order valence-corrected chi connectivity index (χ3v) is 4.66. The molecule has 1 atom stereocenters. The van der Waals surface area contributed by atoms with Gasteiger partial charge in [0.1, 0.15) is 0 Å². The zero-order valence-corrected chi connectivity index (χ0v) is 12.3. The van der Waals surface area contributed by atoms with E-state index in [1.807, 2.05) is 18.2 Å². The van der Waals surface area contributed by atoms with Crippen molar-refractivity contribution in [2.24, 2.45) is 5.92 Å². The lowest BCUT2D eigenvalue weighted by molar-refractivity contribution is -0.126. The number of piperidine rings is 1. The molecule has 0 radical (unpaired) electrons. The molecule has 2 heterocycles. The summed E-state index contributed by atoms with van der Waals surface area (Å²) in [5.41, 5.74) is 0.789. The number of carbonyl (C=O) groups excluding carboxylic acids is 1. The summed E-state index contributed by atoms with van der Waals surface area (Å²) in [6.07, 6.45) is 4.30. The molecule has 20 heavy (non-hydrogen) atoms. The van der Waals surface area contributed by atoms with Gasteiger partial charge < -0.3 is 5.32 Å². The van der Waals surface area contributed by atoms with E-state index in [1.165, 1.54) is 10.6 Å². The Morgan fingerprint density at radius 1 is 1.50 bits per heavy atom. The first-order valence-electron chi connectivity index (χ1n) is 6.59. The molecule has 2 rings (SSSR count). The second-order valence-corrected chi connectivity index (χ2v) is 6.98. The minimum absolute atomic E-state index is 0.107. The molecule has 0 spiro atoms. The van der Waals surface area contributed by atoms with Gasteiger partial charge in [0.25, 0.3) is 0 Å². The van der Waals surface area contributed by atoms with Crippen molar-refractivity contribution in [1.82, 2.24) is 14.6 Å². The first kappa shape index (κ1) is 14.9. The Balaban J connectivity index is 1.89. The molecule has 1 amide bonds. The largest absolute Gasteiger partial charge is 0.350 e. The Morgan fingerprint density at radius 2 is 2.30 bits per heavy atom. The van der Waals surface area contributed by atoms with Crippen LogP contribution in [0, 0.1) is 5.92 Å². The Morgan fingerprint density at radius 3 is 2.95 bits per heavy atom. The van der Waals surface area contributed by atoms with Crippen LogP contribution in [0.5, 0.6) is 0 Å². The molecule has 1 aliphatic rings. The monoisotopic (exact) mass is 297 g/mol.